The molecule has 6 heteroatoms. The van der Waals surface area contributed by atoms with E-state index in [1.165, 1.54) is 0 Å². The van der Waals surface area contributed by atoms with Gasteiger partial charge in [0, 0.05) is 39.3 Å². The second-order valence-electron chi connectivity index (χ2n) is 5.62. The van der Waals surface area contributed by atoms with Gasteiger partial charge in [0.2, 0.25) is 5.91 Å². The third kappa shape index (κ3) is 4.84. The normalized spacial score (nSPS) is 15.3. The number of benzene rings is 1. The van der Waals surface area contributed by atoms with Crippen LogP contribution in [0.4, 0.5) is 0 Å². The quantitative estimate of drug-likeness (QED) is 0.811. The maximum atomic E-state index is 12.5. The minimum absolute atomic E-state index is 0.171. The van der Waals surface area contributed by atoms with E-state index in [0.29, 0.717) is 31.1 Å². The van der Waals surface area contributed by atoms with Gasteiger partial charge in [-0.25, -0.2) is 0 Å². The zero-order valence-electron chi connectivity index (χ0n) is 14.3. The molecule has 128 valence electrons. The molecule has 1 aromatic rings. The highest BCUT2D eigenvalue weighted by Crippen LogP contribution is 2.28. The molecular formula is C17H27N3O3. The molecule has 0 aliphatic carbocycles. The van der Waals surface area contributed by atoms with Crippen molar-refractivity contribution in [3.05, 3.63) is 23.8 Å². The second kappa shape index (κ2) is 8.74. The Labute approximate surface area is 138 Å². The van der Waals surface area contributed by atoms with Crippen LogP contribution in [0.1, 0.15) is 12.5 Å². The number of amides is 1. The standard InChI is InChI=1S/C17H27N3O3/c1-4-20(17(21)13-19-9-7-18-8-10-19)12-14-5-6-15(22-2)16(11-14)23-3/h5-6,11,18H,4,7-10,12-13H2,1-3H3. The number of carbonyl (C=O) groups excluding carboxylic acids is 1. The van der Waals surface area contributed by atoms with Gasteiger partial charge >= 0.3 is 0 Å². The molecule has 0 radical (unpaired) electrons. The Bertz CT molecular complexity index is 516. The van der Waals surface area contributed by atoms with Crippen LogP contribution in [0, 0.1) is 0 Å². The molecule has 0 saturated carbocycles. The van der Waals surface area contributed by atoms with Gasteiger partial charge in [0.15, 0.2) is 11.5 Å². The molecule has 1 saturated heterocycles. The number of ether oxygens (including phenoxy) is 2. The molecule has 23 heavy (non-hydrogen) atoms. The number of piperazine rings is 1. The van der Waals surface area contributed by atoms with Crippen molar-refractivity contribution < 1.29 is 14.3 Å². The summed E-state index contributed by atoms with van der Waals surface area (Å²) in [7, 11) is 3.24. The first kappa shape index (κ1) is 17.6. The highest BCUT2D eigenvalue weighted by molar-refractivity contribution is 5.78. The predicted octanol–water partition coefficient (Wildman–Crippen LogP) is 0.958. The van der Waals surface area contributed by atoms with E-state index >= 15 is 0 Å². The van der Waals surface area contributed by atoms with Gasteiger partial charge in [0.05, 0.1) is 20.8 Å². The van der Waals surface area contributed by atoms with Gasteiger partial charge in [-0.15, -0.1) is 0 Å². The Balaban J connectivity index is 1.99. The zero-order valence-corrected chi connectivity index (χ0v) is 14.3. The van der Waals surface area contributed by atoms with E-state index in [4.69, 9.17) is 9.47 Å². The Hall–Kier alpha value is -1.79. The predicted molar refractivity (Wildman–Crippen MR) is 89.9 cm³/mol. The zero-order chi connectivity index (χ0) is 16.7. The van der Waals surface area contributed by atoms with E-state index in [1.807, 2.05) is 30.0 Å². The number of hydrogen-bond acceptors (Lipinski definition) is 5. The topological polar surface area (TPSA) is 54.0 Å². The molecule has 1 aliphatic heterocycles. The molecule has 1 fully saturated rings. The van der Waals surface area contributed by atoms with Gasteiger partial charge in [0.1, 0.15) is 0 Å². The van der Waals surface area contributed by atoms with Crippen LogP contribution in [-0.4, -0.2) is 69.2 Å². The summed E-state index contributed by atoms with van der Waals surface area (Å²) >= 11 is 0. The summed E-state index contributed by atoms with van der Waals surface area (Å²) in [4.78, 5) is 16.6. The highest BCUT2D eigenvalue weighted by atomic mass is 16.5. The van der Waals surface area contributed by atoms with Gasteiger partial charge in [-0.2, -0.15) is 0 Å². The molecule has 0 bridgehead atoms. The number of likely N-dealkylation sites (N-methyl/N-ethyl adjacent to an activating group) is 1. The lowest BCUT2D eigenvalue weighted by Crippen LogP contribution is -2.48. The first-order valence-corrected chi connectivity index (χ1v) is 8.09. The first-order chi connectivity index (χ1) is 11.2. The second-order valence-corrected chi connectivity index (χ2v) is 5.62. The van der Waals surface area contributed by atoms with E-state index in [-0.39, 0.29) is 5.91 Å². The van der Waals surface area contributed by atoms with Crippen molar-refractivity contribution in [2.75, 3.05) is 53.5 Å². The van der Waals surface area contributed by atoms with E-state index in [9.17, 15) is 4.79 Å². The number of methoxy groups -OCH3 is 2. The molecule has 1 heterocycles. The average Bonchev–Trinajstić information content (AvgIpc) is 2.60. The fourth-order valence-electron chi connectivity index (χ4n) is 2.74. The summed E-state index contributed by atoms with van der Waals surface area (Å²) in [5.74, 6) is 1.56. The van der Waals surface area contributed by atoms with Crippen LogP contribution in [0.15, 0.2) is 18.2 Å². The Kier molecular flexibility index (Phi) is 6.67. The maximum Gasteiger partial charge on any atom is 0.237 e. The van der Waals surface area contributed by atoms with E-state index in [0.717, 1.165) is 31.7 Å². The van der Waals surface area contributed by atoms with Crippen LogP contribution in [0.5, 0.6) is 11.5 Å². The van der Waals surface area contributed by atoms with Crippen molar-refractivity contribution >= 4 is 5.91 Å². The first-order valence-electron chi connectivity index (χ1n) is 8.09. The van der Waals surface area contributed by atoms with Gasteiger partial charge in [-0.1, -0.05) is 6.07 Å². The number of hydrogen-bond donors (Lipinski definition) is 1. The van der Waals surface area contributed by atoms with Crippen molar-refractivity contribution in [3.63, 3.8) is 0 Å². The lowest BCUT2D eigenvalue weighted by Gasteiger charge is -2.29. The van der Waals surface area contributed by atoms with Crippen molar-refractivity contribution in [2.45, 2.75) is 13.5 Å². The molecule has 1 aromatic carbocycles. The van der Waals surface area contributed by atoms with Crippen LogP contribution in [-0.2, 0) is 11.3 Å². The molecular weight excluding hydrogens is 294 g/mol. The SMILES string of the molecule is CCN(Cc1ccc(OC)c(OC)c1)C(=O)CN1CCNCC1. The molecule has 2 rings (SSSR count). The van der Waals surface area contributed by atoms with Crippen LogP contribution in [0.3, 0.4) is 0 Å². The molecule has 0 unspecified atom stereocenters. The monoisotopic (exact) mass is 321 g/mol. The van der Waals surface area contributed by atoms with Crippen LogP contribution in [0.25, 0.3) is 0 Å². The lowest BCUT2D eigenvalue weighted by atomic mass is 10.2. The number of nitrogens with one attached hydrogen (secondary N) is 1. The maximum absolute atomic E-state index is 12.5. The fraction of sp³-hybridized carbons (Fsp3) is 0.588. The molecule has 0 spiro atoms. The van der Waals surface area contributed by atoms with Crippen molar-refractivity contribution in [3.8, 4) is 11.5 Å². The number of nitrogens with zero attached hydrogens (tertiary/aromatic N) is 2. The summed E-state index contributed by atoms with van der Waals surface area (Å²) in [5, 5.41) is 3.30. The van der Waals surface area contributed by atoms with Crippen LogP contribution < -0.4 is 14.8 Å². The van der Waals surface area contributed by atoms with E-state index < -0.39 is 0 Å². The molecule has 0 atom stereocenters. The molecule has 1 aliphatic rings. The molecule has 0 aromatic heterocycles. The van der Waals surface area contributed by atoms with Gasteiger partial charge < -0.3 is 19.7 Å². The summed E-state index contributed by atoms with van der Waals surface area (Å²) in [6.07, 6.45) is 0. The van der Waals surface area contributed by atoms with Crippen molar-refractivity contribution in [1.29, 1.82) is 0 Å². The highest BCUT2D eigenvalue weighted by Gasteiger charge is 2.18. The fourth-order valence-corrected chi connectivity index (χ4v) is 2.74. The Morgan fingerprint density at radius 2 is 1.91 bits per heavy atom. The van der Waals surface area contributed by atoms with E-state index in [2.05, 4.69) is 10.2 Å². The molecule has 6 nitrogen and oxygen atoms in total. The summed E-state index contributed by atoms with van der Waals surface area (Å²) < 4.78 is 10.6. The Morgan fingerprint density at radius 1 is 1.22 bits per heavy atom. The third-order valence-electron chi connectivity index (χ3n) is 4.12. The van der Waals surface area contributed by atoms with Gasteiger partial charge in [0.25, 0.3) is 0 Å². The van der Waals surface area contributed by atoms with Crippen LogP contribution in [0.2, 0.25) is 0 Å². The number of rotatable bonds is 7. The average molecular weight is 321 g/mol. The van der Waals surface area contributed by atoms with Crippen molar-refractivity contribution in [2.24, 2.45) is 0 Å². The summed E-state index contributed by atoms with van der Waals surface area (Å²) in [5.41, 5.74) is 1.04. The third-order valence-corrected chi connectivity index (χ3v) is 4.12. The Morgan fingerprint density at radius 3 is 2.52 bits per heavy atom. The minimum Gasteiger partial charge on any atom is -0.493 e. The largest absolute Gasteiger partial charge is 0.493 e. The minimum atomic E-state index is 0.171. The van der Waals surface area contributed by atoms with Gasteiger partial charge in [-0.3, -0.25) is 9.69 Å². The van der Waals surface area contributed by atoms with Crippen molar-refractivity contribution in [1.82, 2.24) is 15.1 Å². The lowest BCUT2D eigenvalue weighted by molar-refractivity contribution is -0.133. The molecule has 1 amide bonds. The number of carbonyl (C=O) groups is 1. The summed E-state index contributed by atoms with van der Waals surface area (Å²) in [6, 6.07) is 5.78. The van der Waals surface area contributed by atoms with E-state index in [1.54, 1.807) is 14.2 Å². The molecule has 1 N–H and O–H groups in total. The van der Waals surface area contributed by atoms with Gasteiger partial charge in [-0.05, 0) is 24.6 Å². The summed E-state index contributed by atoms with van der Waals surface area (Å²) in [6.45, 7) is 7.55. The van der Waals surface area contributed by atoms with Crippen LogP contribution >= 0.6 is 0 Å². The smallest absolute Gasteiger partial charge is 0.237 e.